The Bertz CT molecular complexity index is 275. The number of piperazine rings is 1. The molecule has 2 atom stereocenters. The van der Waals surface area contributed by atoms with Crippen molar-refractivity contribution in [3.05, 3.63) is 0 Å². The fourth-order valence-electron chi connectivity index (χ4n) is 4.27. The number of nitrogens with zero attached hydrogens (tertiary/aromatic N) is 2. The van der Waals surface area contributed by atoms with Gasteiger partial charge in [-0.1, -0.05) is 19.3 Å². The Morgan fingerprint density at radius 1 is 1.00 bits per heavy atom. The lowest BCUT2D eigenvalue weighted by atomic mass is 9.97. The lowest BCUT2D eigenvalue weighted by Gasteiger charge is -2.47. The third-order valence-electron chi connectivity index (χ3n) is 5.50. The van der Waals surface area contributed by atoms with Crippen molar-refractivity contribution in [2.24, 2.45) is 0 Å². The summed E-state index contributed by atoms with van der Waals surface area (Å²) in [7, 11) is 0. The summed E-state index contributed by atoms with van der Waals surface area (Å²) in [5, 5.41) is 3.77. The van der Waals surface area contributed by atoms with E-state index in [-0.39, 0.29) is 0 Å². The standard InChI is InChI=1S/C16H31N3/c1-14-12-19-10-5-4-8-16(19)13-18(14)11-9-17-15-6-2-3-7-15/h14-17H,2-13H2,1H3. The van der Waals surface area contributed by atoms with Crippen molar-refractivity contribution in [1.82, 2.24) is 15.1 Å². The van der Waals surface area contributed by atoms with Crippen LogP contribution >= 0.6 is 0 Å². The Balaban J connectivity index is 1.42. The van der Waals surface area contributed by atoms with Crippen LogP contribution in [-0.4, -0.2) is 60.6 Å². The van der Waals surface area contributed by atoms with Gasteiger partial charge in [0.05, 0.1) is 0 Å². The molecule has 110 valence electrons. The van der Waals surface area contributed by atoms with E-state index in [4.69, 9.17) is 0 Å². The molecule has 0 aromatic rings. The van der Waals surface area contributed by atoms with Crippen LogP contribution in [0.2, 0.25) is 0 Å². The second-order valence-electron chi connectivity index (χ2n) is 6.92. The van der Waals surface area contributed by atoms with E-state index in [1.165, 1.54) is 77.7 Å². The Morgan fingerprint density at radius 3 is 2.63 bits per heavy atom. The highest BCUT2D eigenvalue weighted by Gasteiger charge is 2.32. The monoisotopic (exact) mass is 265 g/mol. The molecule has 0 aromatic heterocycles. The Labute approximate surface area is 118 Å². The molecule has 3 nitrogen and oxygen atoms in total. The van der Waals surface area contributed by atoms with Crippen LogP contribution in [0.4, 0.5) is 0 Å². The highest BCUT2D eigenvalue weighted by atomic mass is 15.3. The first-order valence-electron chi connectivity index (χ1n) is 8.54. The Kier molecular flexibility index (Phi) is 4.78. The first kappa shape index (κ1) is 13.8. The molecule has 1 aliphatic carbocycles. The normalized spacial score (nSPS) is 34.6. The Morgan fingerprint density at radius 2 is 1.79 bits per heavy atom. The number of hydrogen-bond acceptors (Lipinski definition) is 3. The van der Waals surface area contributed by atoms with Crippen LogP contribution in [0, 0.1) is 0 Å². The maximum absolute atomic E-state index is 3.77. The summed E-state index contributed by atoms with van der Waals surface area (Å²) in [5.41, 5.74) is 0. The molecule has 2 heterocycles. The van der Waals surface area contributed by atoms with Gasteiger partial charge >= 0.3 is 0 Å². The van der Waals surface area contributed by atoms with E-state index in [0.29, 0.717) is 0 Å². The number of piperidine rings is 1. The lowest BCUT2D eigenvalue weighted by molar-refractivity contribution is 0.0158. The van der Waals surface area contributed by atoms with Crippen molar-refractivity contribution in [3.63, 3.8) is 0 Å². The fraction of sp³-hybridized carbons (Fsp3) is 1.00. The maximum Gasteiger partial charge on any atom is 0.0223 e. The largest absolute Gasteiger partial charge is 0.313 e. The summed E-state index contributed by atoms with van der Waals surface area (Å²) in [5.74, 6) is 0. The second-order valence-corrected chi connectivity index (χ2v) is 6.92. The number of rotatable bonds is 4. The predicted octanol–water partition coefficient (Wildman–Crippen LogP) is 2.08. The average molecular weight is 265 g/mol. The van der Waals surface area contributed by atoms with Gasteiger partial charge in [-0.2, -0.15) is 0 Å². The van der Waals surface area contributed by atoms with E-state index in [9.17, 15) is 0 Å². The van der Waals surface area contributed by atoms with E-state index < -0.39 is 0 Å². The van der Waals surface area contributed by atoms with Crippen molar-refractivity contribution in [1.29, 1.82) is 0 Å². The minimum atomic E-state index is 0.750. The Hall–Kier alpha value is -0.120. The van der Waals surface area contributed by atoms with Crippen LogP contribution in [-0.2, 0) is 0 Å². The molecule has 0 bridgehead atoms. The number of hydrogen-bond donors (Lipinski definition) is 1. The van der Waals surface area contributed by atoms with Gasteiger partial charge in [0.1, 0.15) is 0 Å². The van der Waals surface area contributed by atoms with E-state index in [2.05, 4.69) is 22.0 Å². The fourth-order valence-corrected chi connectivity index (χ4v) is 4.27. The molecule has 0 aromatic carbocycles. The average Bonchev–Trinajstić information content (AvgIpc) is 2.92. The minimum absolute atomic E-state index is 0.750. The zero-order valence-electron chi connectivity index (χ0n) is 12.6. The summed E-state index contributed by atoms with van der Waals surface area (Å²) in [6, 6.07) is 2.43. The molecular formula is C16H31N3. The lowest BCUT2D eigenvalue weighted by Crippen LogP contribution is -2.59. The summed E-state index contributed by atoms with van der Waals surface area (Å²) >= 11 is 0. The van der Waals surface area contributed by atoms with Gasteiger partial charge in [0, 0.05) is 44.3 Å². The minimum Gasteiger partial charge on any atom is -0.313 e. The van der Waals surface area contributed by atoms with Crippen molar-refractivity contribution >= 4 is 0 Å². The number of fused-ring (bicyclic) bond motifs is 1. The smallest absolute Gasteiger partial charge is 0.0223 e. The topological polar surface area (TPSA) is 18.5 Å². The van der Waals surface area contributed by atoms with Gasteiger partial charge in [0.25, 0.3) is 0 Å². The molecule has 1 N–H and O–H groups in total. The molecule has 3 heteroatoms. The molecule has 3 aliphatic rings. The highest BCUT2D eigenvalue weighted by molar-refractivity contribution is 4.89. The summed E-state index contributed by atoms with van der Waals surface area (Å²) in [6.45, 7) is 8.83. The molecule has 0 radical (unpaired) electrons. The molecule has 2 unspecified atom stereocenters. The van der Waals surface area contributed by atoms with Crippen LogP contribution in [0.1, 0.15) is 51.9 Å². The zero-order valence-corrected chi connectivity index (χ0v) is 12.6. The zero-order chi connectivity index (χ0) is 13.1. The van der Waals surface area contributed by atoms with Crippen LogP contribution in [0.5, 0.6) is 0 Å². The van der Waals surface area contributed by atoms with E-state index in [1.807, 2.05) is 0 Å². The van der Waals surface area contributed by atoms with Crippen molar-refractivity contribution in [3.8, 4) is 0 Å². The van der Waals surface area contributed by atoms with Gasteiger partial charge in [-0.05, 0) is 39.2 Å². The van der Waals surface area contributed by atoms with Crippen LogP contribution in [0.25, 0.3) is 0 Å². The molecule has 0 amide bonds. The predicted molar refractivity (Wildman–Crippen MR) is 80.5 cm³/mol. The van der Waals surface area contributed by atoms with E-state index in [1.54, 1.807) is 0 Å². The molecule has 2 aliphatic heterocycles. The van der Waals surface area contributed by atoms with Gasteiger partial charge < -0.3 is 5.32 Å². The highest BCUT2D eigenvalue weighted by Crippen LogP contribution is 2.23. The van der Waals surface area contributed by atoms with Crippen molar-refractivity contribution < 1.29 is 0 Å². The van der Waals surface area contributed by atoms with E-state index >= 15 is 0 Å². The maximum atomic E-state index is 3.77. The van der Waals surface area contributed by atoms with Gasteiger partial charge in [-0.15, -0.1) is 0 Å². The molecule has 3 fully saturated rings. The molecule has 0 spiro atoms. The molecular weight excluding hydrogens is 234 g/mol. The SMILES string of the molecule is CC1CN2CCCCC2CN1CCNC1CCCC1. The molecule has 19 heavy (non-hydrogen) atoms. The van der Waals surface area contributed by atoms with Crippen LogP contribution in [0.15, 0.2) is 0 Å². The van der Waals surface area contributed by atoms with E-state index in [0.717, 1.165) is 18.1 Å². The third kappa shape index (κ3) is 3.50. The quantitative estimate of drug-likeness (QED) is 0.839. The van der Waals surface area contributed by atoms with Crippen LogP contribution < -0.4 is 5.32 Å². The summed E-state index contributed by atoms with van der Waals surface area (Å²) in [6.07, 6.45) is 10.00. The first-order valence-corrected chi connectivity index (χ1v) is 8.54. The van der Waals surface area contributed by atoms with Gasteiger partial charge in [0.2, 0.25) is 0 Å². The number of nitrogens with one attached hydrogen (secondary N) is 1. The van der Waals surface area contributed by atoms with Crippen LogP contribution in [0.3, 0.4) is 0 Å². The third-order valence-corrected chi connectivity index (χ3v) is 5.50. The van der Waals surface area contributed by atoms with Gasteiger partial charge in [-0.3, -0.25) is 9.80 Å². The van der Waals surface area contributed by atoms with Gasteiger partial charge in [0.15, 0.2) is 0 Å². The first-order chi connectivity index (χ1) is 9.33. The van der Waals surface area contributed by atoms with Gasteiger partial charge in [-0.25, -0.2) is 0 Å². The second kappa shape index (κ2) is 6.55. The molecule has 2 saturated heterocycles. The van der Waals surface area contributed by atoms with Crippen molar-refractivity contribution in [2.75, 3.05) is 32.7 Å². The molecule has 3 rings (SSSR count). The molecule has 1 saturated carbocycles. The van der Waals surface area contributed by atoms with Crippen molar-refractivity contribution in [2.45, 2.75) is 70.0 Å². The summed E-state index contributed by atoms with van der Waals surface area (Å²) in [4.78, 5) is 5.48. The summed E-state index contributed by atoms with van der Waals surface area (Å²) < 4.78 is 0.